The number of carbonyl (C=O) groups is 3. The highest BCUT2D eigenvalue weighted by Crippen LogP contribution is 2.35. The fraction of sp³-hybridized carbons (Fsp3) is 0.696. The number of rotatable bonds is 17. The number of esters is 1. The monoisotopic (exact) mass is 471 g/mol. The van der Waals surface area contributed by atoms with Crippen LogP contribution >= 0.6 is 11.3 Å². The number of amides is 1. The molecular weight excluding hydrogens is 434 g/mol. The van der Waals surface area contributed by atoms with Crippen molar-refractivity contribution in [2.24, 2.45) is 0 Å². The van der Waals surface area contributed by atoms with Crippen molar-refractivity contribution in [1.82, 2.24) is 0 Å². The van der Waals surface area contributed by atoms with Crippen molar-refractivity contribution in [3.63, 3.8) is 0 Å². The fourth-order valence-corrected chi connectivity index (χ4v) is 4.24. The second-order valence-corrected chi connectivity index (χ2v) is 8.60. The number of carbonyl (C=O) groups excluding carboxylic acids is 2. The molecule has 9 heteroatoms. The maximum atomic E-state index is 12.6. The van der Waals surface area contributed by atoms with Gasteiger partial charge in [-0.05, 0) is 12.8 Å². The third kappa shape index (κ3) is 9.99. The van der Waals surface area contributed by atoms with E-state index in [0.29, 0.717) is 0 Å². The smallest absolute Gasteiger partial charge is 0.412 e. The number of thiophene rings is 1. The maximum absolute atomic E-state index is 12.6. The van der Waals surface area contributed by atoms with Gasteiger partial charge in [-0.25, -0.2) is 14.4 Å². The number of hydrogen-bond acceptors (Lipinski definition) is 7. The quantitative estimate of drug-likeness (QED) is 0.204. The summed E-state index contributed by atoms with van der Waals surface area (Å²) in [5.41, 5.74) is 0.0162. The van der Waals surface area contributed by atoms with Crippen molar-refractivity contribution in [2.75, 3.05) is 25.6 Å². The van der Waals surface area contributed by atoms with Crippen LogP contribution in [0.2, 0.25) is 0 Å². The fourth-order valence-electron chi connectivity index (χ4n) is 3.16. The van der Waals surface area contributed by atoms with Gasteiger partial charge in [0.25, 0.3) is 0 Å². The third-order valence-electron chi connectivity index (χ3n) is 4.87. The maximum Gasteiger partial charge on any atom is 0.412 e. The number of unbranched alkanes of at least 4 members (excludes halogenated alkanes) is 8. The van der Waals surface area contributed by atoms with Crippen LogP contribution in [0, 0.1) is 0 Å². The minimum Gasteiger partial charge on any atom is -0.478 e. The van der Waals surface area contributed by atoms with Gasteiger partial charge in [-0.15, -0.1) is 11.3 Å². The van der Waals surface area contributed by atoms with Crippen molar-refractivity contribution in [3.8, 4) is 0 Å². The van der Waals surface area contributed by atoms with E-state index < -0.39 is 18.0 Å². The Kier molecular flexibility index (Phi) is 14.4. The Labute approximate surface area is 194 Å². The molecule has 1 aromatic rings. The third-order valence-corrected chi connectivity index (χ3v) is 6.00. The van der Waals surface area contributed by atoms with Gasteiger partial charge in [-0.1, -0.05) is 65.2 Å². The largest absolute Gasteiger partial charge is 0.478 e. The molecule has 0 unspecified atom stereocenters. The van der Waals surface area contributed by atoms with E-state index >= 15 is 0 Å². The van der Waals surface area contributed by atoms with Crippen LogP contribution in [0.25, 0.3) is 0 Å². The highest BCUT2D eigenvalue weighted by atomic mass is 32.1. The second kappa shape index (κ2) is 16.5. The summed E-state index contributed by atoms with van der Waals surface area (Å²) < 4.78 is 15.6. The van der Waals surface area contributed by atoms with Crippen molar-refractivity contribution in [2.45, 2.75) is 84.7 Å². The van der Waals surface area contributed by atoms with Gasteiger partial charge >= 0.3 is 18.0 Å². The summed E-state index contributed by atoms with van der Waals surface area (Å²) in [4.78, 5) is 36.7. The Balaban J connectivity index is 2.78. The van der Waals surface area contributed by atoms with E-state index in [2.05, 4.69) is 19.2 Å². The molecule has 182 valence electrons. The van der Waals surface area contributed by atoms with Crippen LogP contribution in [0.3, 0.4) is 0 Å². The topological polar surface area (TPSA) is 111 Å². The van der Waals surface area contributed by atoms with E-state index in [4.69, 9.17) is 14.2 Å². The molecule has 0 atom stereocenters. The first-order valence-electron chi connectivity index (χ1n) is 11.4. The molecule has 0 bridgehead atoms. The number of carboxylic acids is 1. The highest BCUT2D eigenvalue weighted by Gasteiger charge is 2.29. The molecule has 0 saturated carbocycles. The standard InChI is InChI=1S/C23H37NO7S/c1-4-6-8-10-12-14-30-22(27)19-17(16-29-3)18(21(25)26)20(32-19)24-23(28)31-15-13-11-9-7-5-2/h4-16H2,1-3H3,(H,24,28)(H,25,26). The van der Waals surface area contributed by atoms with E-state index in [1.165, 1.54) is 7.11 Å². The number of hydrogen-bond donors (Lipinski definition) is 2. The molecule has 2 N–H and O–H groups in total. The molecule has 1 aromatic heterocycles. The van der Waals surface area contributed by atoms with Gasteiger partial charge in [-0.2, -0.15) is 0 Å². The van der Waals surface area contributed by atoms with Crippen LogP contribution < -0.4 is 5.32 Å². The zero-order valence-electron chi connectivity index (χ0n) is 19.5. The van der Waals surface area contributed by atoms with Gasteiger partial charge < -0.3 is 19.3 Å². The first kappa shape index (κ1) is 27.9. The summed E-state index contributed by atoms with van der Waals surface area (Å²) in [5, 5.41) is 12.2. The lowest BCUT2D eigenvalue weighted by molar-refractivity contribution is 0.0499. The Hall–Kier alpha value is -2.13. The van der Waals surface area contributed by atoms with Gasteiger partial charge in [0.2, 0.25) is 0 Å². The molecule has 0 spiro atoms. The lowest BCUT2D eigenvalue weighted by Crippen LogP contribution is -2.16. The van der Waals surface area contributed by atoms with E-state index in [-0.39, 0.29) is 40.8 Å². The normalized spacial score (nSPS) is 10.7. The van der Waals surface area contributed by atoms with Crippen molar-refractivity contribution < 1.29 is 33.7 Å². The van der Waals surface area contributed by atoms with E-state index in [0.717, 1.165) is 75.5 Å². The lowest BCUT2D eigenvalue weighted by atomic mass is 10.1. The summed E-state index contributed by atoms with van der Waals surface area (Å²) >= 11 is 0.866. The van der Waals surface area contributed by atoms with Crippen molar-refractivity contribution in [1.29, 1.82) is 0 Å². The van der Waals surface area contributed by atoms with Crippen LogP contribution in [0.5, 0.6) is 0 Å². The lowest BCUT2D eigenvalue weighted by Gasteiger charge is -2.07. The number of nitrogens with one attached hydrogen (secondary N) is 1. The molecule has 0 saturated heterocycles. The van der Waals surface area contributed by atoms with Gasteiger partial charge in [-0.3, -0.25) is 5.32 Å². The molecule has 0 aromatic carbocycles. The molecule has 0 radical (unpaired) electrons. The van der Waals surface area contributed by atoms with E-state index in [1.54, 1.807) is 0 Å². The minimum atomic E-state index is -1.26. The molecule has 1 heterocycles. The average molecular weight is 472 g/mol. The van der Waals surface area contributed by atoms with Crippen LogP contribution in [-0.2, 0) is 20.8 Å². The molecule has 0 aliphatic heterocycles. The van der Waals surface area contributed by atoms with Gasteiger partial charge in [0, 0.05) is 12.7 Å². The summed E-state index contributed by atoms with van der Waals surface area (Å²) in [6, 6.07) is 0. The molecule has 0 aliphatic carbocycles. The van der Waals surface area contributed by atoms with Gasteiger partial charge in [0.05, 0.1) is 19.8 Å². The number of carboxylic acid groups (broad SMARTS) is 1. The van der Waals surface area contributed by atoms with Gasteiger partial charge in [0.1, 0.15) is 15.4 Å². The highest BCUT2D eigenvalue weighted by molar-refractivity contribution is 7.18. The van der Waals surface area contributed by atoms with Crippen molar-refractivity contribution in [3.05, 3.63) is 16.0 Å². The predicted molar refractivity (Wildman–Crippen MR) is 125 cm³/mol. The van der Waals surface area contributed by atoms with Crippen LogP contribution in [0.4, 0.5) is 9.80 Å². The zero-order chi connectivity index (χ0) is 23.8. The Morgan fingerprint density at radius 2 is 1.44 bits per heavy atom. The molecule has 32 heavy (non-hydrogen) atoms. The molecule has 0 aliphatic rings. The van der Waals surface area contributed by atoms with Crippen LogP contribution in [0.1, 0.15) is 104 Å². The predicted octanol–water partition coefficient (Wildman–Crippen LogP) is 6.24. The summed E-state index contributed by atoms with van der Waals surface area (Å²) in [6.07, 6.45) is 9.39. The zero-order valence-corrected chi connectivity index (χ0v) is 20.3. The molecule has 8 nitrogen and oxygen atoms in total. The molecule has 1 rings (SSSR count). The number of anilines is 1. The molecule has 0 fully saturated rings. The Morgan fingerprint density at radius 3 is 1.97 bits per heavy atom. The molecular formula is C23H37NO7S. The van der Waals surface area contributed by atoms with Crippen molar-refractivity contribution >= 4 is 34.4 Å². The van der Waals surface area contributed by atoms with Gasteiger partial charge in [0.15, 0.2) is 0 Å². The first-order valence-corrected chi connectivity index (χ1v) is 12.3. The summed E-state index contributed by atoms with van der Waals surface area (Å²) in [7, 11) is 1.41. The number of aromatic carboxylic acids is 1. The summed E-state index contributed by atoms with van der Waals surface area (Å²) in [5.74, 6) is -1.88. The van der Waals surface area contributed by atoms with E-state index in [1.807, 2.05) is 0 Å². The summed E-state index contributed by atoms with van der Waals surface area (Å²) in [6.45, 7) is 4.68. The first-order chi connectivity index (χ1) is 15.5. The molecule has 1 amide bonds. The van der Waals surface area contributed by atoms with Crippen LogP contribution in [-0.4, -0.2) is 43.5 Å². The van der Waals surface area contributed by atoms with Crippen LogP contribution in [0.15, 0.2) is 0 Å². The number of ether oxygens (including phenoxy) is 3. The SMILES string of the molecule is CCCCCCCOC(=O)Nc1sc(C(=O)OCCCCCCC)c(COC)c1C(=O)O. The average Bonchev–Trinajstić information content (AvgIpc) is 3.11. The Morgan fingerprint density at radius 1 is 0.875 bits per heavy atom. The number of methoxy groups -OCH3 is 1. The minimum absolute atomic E-state index is 0.0374. The Bertz CT molecular complexity index is 717. The second-order valence-electron chi connectivity index (χ2n) is 7.58. The van der Waals surface area contributed by atoms with E-state index in [9.17, 15) is 19.5 Å².